The molecule has 0 aliphatic carbocycles. The lowest BCUT2D eigenvalue weighted by Gasteiger charge is -2.01. The van der Waals surface area contributed by atoms with Crippen LogP contribution in [0.2, 0.25) is 0 Å². The lowest BCUT2D eigenvalue weighted by Crippen LogP contribution is -2.06. The topological polar surface area (TPSA) is 112 Å². The lowest BCUT2D eigenvalue weighted by atomic mass is 10.1. The van der Waals surface area contributed by atoms with Crippen molar-refractivity contribution in [1.29, 1.82) is 0 Å². The number of aryl methyl sites for hydroxylation is 1. The van der Waals surface area contributed by atoms with Crippen molar-refractivity contribution < 1.29 is 9.72 Å². The van der Waals surface area contributed by atoms with Gasteiger partial charge in [0, 0.05) is 11.6 Å². The summed E-state index contributed by atoms with van der Waals surface area (Å²) in [5, 5.41) is 10.7. The molecule has 0 saturated carbocycles. The maximum Gasteiger partial charge on any atom is 0.293 e. The zero-order valence-electron chi connectivity index (χ0n) is 8.48. The second kappa shape index (κ2) is 4.31. The van der Waals surface area contributed by atoms with Crippen LogP contribution in [0, 0.1) is 28.9 Å². The largest absolute Gasteiger partial charge is 0.393 e. The summed E-state index contributed by atoms with van der Waals surface area (Å²) >= 11 is 0. The highest BCUT2D eigenvalue weighted by Gasteiger charge is 2.14. The van der Waals surface area contributed by atoms with Gasteiger partial charge in [-0.2, -0.15) is 0 Å². The predicted molar refractivity (Wildman–Crippen MR) is 58.3 cm³/mol. The standard InChI is InChI=1S/C10H9N3O3/c1-6-4-7(2-3-9(11)14)5-8(10(6)12)13(15)16/h4-5H,12H2,1H3,(H2,11,14). The third-order valence-electron chi connectivity index (χ3n) is 1.89. The molecule has 1 aromatic carbocycles. The minimum atomic E-state index is -0.794. The summed E-state index contributed by atoms with van der Waals surface area (Å²) in [6, 6.07) is 2.76. The van der Waals surface area contributed by atoms with Gasteiger partial charge in [-0.05, 0) is 24.5 Å². The van der Waals surface area contributed by atoms with Gasteiger partial charge in [0.2, 0.25) is 0 Å². The quantitative estimate of drug-likeness (QED) is 0.306. The number of primary amides is 1. The smallest absolute Gasteiger partial charge is 0.293 e. The van der Waals surface area contributed by atoms with Crippen LogP contribution in [0.3, 0.4) is 0 Å². The Morgan fingerprint density at radius 2 is 2.12 bits per heavy atom. The molecule has 0 unspecified atom stereocenters. The number of carbonyl (C=O) groups excluding carboxylic acids is 1. The van der Waals surface area contributed by atoms with Crippen LogP contribution >= 0.6 is 0 Å². The number of hydrogen-bond acceptors (Lipinski definition) is 4. The molecular weight excluding hydrogens is 210 g/mol. The van der Waals surface area contributed by atoms with Gasteiger partial charge in [0.25, 0.3) is 11.6 Å². The first-order valence-corrected chi connectivity index (χ1v) is 4.27. The van der Waals surface area contributed by atoms with E-state index < -0.39 is 10.8 Å². The molecule has 6 nitrogen and oxygen atoms in total. The first kappa shape index (κ1) is 11.5. The van der Waals surface area contributed by atoms with Crippen LogP contribution < -0.4 is 11.5 Å². The Morgan fingerprint density at radius 3 is 2.62 bits per heavy atom. The van der Waals surface area contributed by atoms with Gasteiger partial charge in [-0.15, -0.1) is 0 Å². The van der Waals surface area contributed by atoms with E-state index in [9.17, 15) is 14.9 Å². The molecular formula is C10H9N3O3. The fraction of sp³-hybridized carbons (Fsp3) is 0.100. The number of nitro benzene ring substituents is 1. The molecule has 6 heteroatoms. The molecule has 82 valence electrons. The molecule has 0 aliphatic rings. The predicted octanol–water partition coefficient (Wildman–Crippen LogP) is 0.322. The lowest BCUT2D eigenvalue weighted by molar-refractivity contribution is -0.383. The fourth-order valence-electron chi connectivity index (χ4n) is 1.14. The third-order valence-corrected chi connectivity index (χ3v) is 1.89. The zero-order chi connectivity index (χ0) is 12.3. The average molecular weight is 219 g/mol. The van der Waals surface area contributed by atoms with Crippen molar-refractivity contribution in [3.8, 4) is 11.8 Å². The summed E-state index contributed by atoms with van der Waals surface area (Å²) in [5.74, 6) is 3.73. The van der Waals surface area contributed by atoms with E-state index in [0.717, 1.165) is 0 Å². The molecule has 1 aromatic rings. The first-order chi connectivity index (χ1) is 7.41. The van der Waals surface area contributed by atoms with Crippen molar-refractivity contribution in [3.63, 3.8) is 0 Å². The molecule has 1 rings (SSSR count). The highest BCUT2D eigenvalue weighted by Crippen LogP contribution is 2.26. The van der Waals surface area contributed by atoms with Crippen molar-refractivity contribution in [2.45, 2.75) is 6.92 Å². The fourth-order valence-corrected chi connectivity index (χ4v) is 1.14. The van der Waals surface area contributed by atoms with E-state index in [-0.39, 0.29) is 11.4 Å². The monoisotopic (exact) mass is 219 g/mol. The highest BCUT2D eigenvalue weighted by atomic mass is 16.6. The Balaban J connectivity index is 3.31. The van der Waals surface area contributed by atoms with Gasteiger partial charge < -0.3 is 11.5 Å². The van der Waals surface area contributed by atoms with E-state index >= 15 is 0 Å². The van der Waals surface area contributed by atoms with Crippen LogP contribution in [0.25, 0.3) is 0 Å². The average Bonchev–Trinajstić information content (AvgIpc) is 2.19. The molecule has 0 aromatic heterocycles. The molecule has 0 spiro atoms. The summed E-state index contributed by atoms with van der Waals surface area (Å²) in [4.78, 5) is 20.5. The summed E-state index contributed by atoms with van der Waals surface area (Å²) in [6.07, 6.45) is 0. The number of rotatable bonds is 1. The van der Waals surface area contributed by atoms with Crippen LogP contribution in [-0.4, -0.2) is 10.8 Å². The van der Waals surface area contributed by atoms with Crippen LogP contribution in [0.5, 0.6) is 0 Å². The SMILES string of the molecule is Cc1cc(C#CC(N)=O)cc([N+](=O)[O-])c1N. The third kappa shape index (κ3) is 2.48. The first-order valence-electron chi connectivity index (χ1n) is 4.27. The molecule has 0 atom stereocenters. The number of nitro groups is 1. The van der Waals surface area contributed by atoms with E-state index in [2.05, 4.69) is 11.8 Å². The molecule has 0 saturated heterocycles. The second-order valence-corrected chi connectivity index (χ2v) is 3.10. The van der Waals surface area contributed by atoms with Crippen LogP contribution in [-0.2, 0) is 4.79 Å². The number of hydrogen-bond donors (Lipinski definition) is 2. The van der Waals surface area contributed by atoms with Crippen molar-refractivity contribution in [2.75, 3.05) is 5.73 Å². The molecule has 16 heavy (non-hydrogen) atoms. The Bertz CT molecular complexity index is 526. The molecule has 0 radical (unpaired) electrons. The Morgan fingerprint density at radius 1 is 1.50 bits per heavy atom. The highest BCUT2D eigenvalue weighted by molar-refractivity contribution is 5.92. The summed E-state index contributed by atoms with van der Waals surface area (Å²) in [5.41, 5.74) is 11.1. The number of carbonyl (C=O) groups is 1. The van der Waals surface area contributed by atoms with Crippen LogP contribution in [0.15, 0.2) is 12.1 Å². The van der Waals surface area contributed by atoms with Gasteiger partial charge in [-0.25, -0.2) is 0 Å². The zero-order valence-corrected chi connectivity index (χ0v) is 8.48. The molecule has 0 bridgehead atoms. The Hall–Kier alpha value is -2.55. The molecule has 0 aliphatic heterocycles. The summed E-state index contributed by atoms with van der Waals surface area (Å²) in [7, 11) is 0. The van der Waals surface area contributed by atoms with Crippen molar-refractivity contribution in [3.05, 3.63) is 33.4 Å². The van der Waals surface area contributed by atoms with Crippen LogP contribution in [0.1, 0.15) is 11.1 Å². The van der Waals surface area contributed by atoms with E-state index in [1.165, 1.54) is 6.07 Å². The Labute approximate surface area is 91.4 Å². The van der Waals surface area contributed by atoms with E-state index in [4.69, 9.17) is 11.5 Å². The van der Waals surface area contributed by atoms with Crippen molar-refractivity contribution >= 4 is 17.3 Å². The summed E-state index contributed by atoms with van der Waals surface area (Å²) in [6.45, 7) is 1.62. The van der Waals surface area contributed by atoms with Gasteiger partial charge in [0.1, 0.15) is 5.69 Å². The normalized spacial score (nSPS) is 9.06. The number of anilines is 1. The van der Waals surface area contributed by atoms with Crippen LogP contribution in [0.4, 0.5) is 11.4 Å². The van der Waals surface area contributed by atoms with Gasteiger partial charge in [-0.3, -0.25) is 14.9 Å². The Kier molecular flexibility index (Phi) is 3.11. The molecule has 1 amide bonds. The van der Waals surface area contributed by atoms with Gasteiger partial charge >= 0.3 is 0 Å². The van der Waals surface area contributed by atoms with E-state index in [1.807, 2.05) is 0 Å². The number of nitrogens with two attached hydrogens (primary N) is 2. The van der Waals surface area contributed by atoms with E-state index in [0.29, 0.717) is 11.1 Å². The number of nitrogens with zero attached hydrogens (tertiary/aromatic N) is 1. The van der Waals surface area contributed by atoms with Gasteiger partial charge in [0.05, 0.1) is 4.92 Å². The number of nitrogen functional groups attached to an aromatic ring is 1. The van der Waals surface area contributed by atoms with Gasteiger partial charge in [0.15, 0.2) is 0 Å². The minimum Gasteiger partial charge on any atom is -0.393 e. The van der Waals surface area contributed by atoms with Gasteiger partial charge in [-0.1, -0.05) is 5.92 Å². The minimum absolute atomic E-state index is 0.0922. The molecule has 0 fully saturated rings. The van der Waals surface area contributed by atoms with Crippen molar-refractivity contribution in [2.24, 2.45) is 5.73 Å². The number of amides is 1. The molecule has 0 heterocycles. The van der Waals surface area contributed by atoms with Crippen molar-refractivity contribution in [1.82, 2.24) is 0 Å². The number of benzene rings is 1. The second-order valence-electron chi connectivity index (χ2n) is 3.10. The maximum atomic E-state index is 10.7. The molecule has 4 N–H and O–H groups in total. The maximum absolute atomic E-state index is 10.7. The summed E-state index contributed by atoms with van der Waals surface area (Å²) < 4.78 is 0. The van der Waals surface area contributed by atoms with E-state index in [1.54, 1.807) is 13.0 Å².